The molecular formula is C22H24F3N5O. The number of anilines is 1. The molecule has 0 aliphatic carbocycles. The second-order valence-corrected chi connectivity index (χ2v) is 7.80. The van der Waals surface area contributed by atoms with Gasteiger partial charge in [-0.25, -0.2) is 4.68 Å². The van der Waals surface area contributed by atoms with Gasteiger partial charge in [0.2, 0.25) is 5.91 Å². The summed E-state index contributed by atoms with van der Waals surface area (Å²) < 4.78 is 40.4. The maximum absolute atomic E-state index is 12.9. The normalized spacial score (nSPS) is 16.0. The number of carbonyl (C=O) groups is 1. The summed E-state index contributed by atoms with van der Waals surface area (Å²) in [5.74, 6) is -0.0507. The summed E-state index contributed by atoms with van der Waals surface area (Å²) in [7, 11) is 0. The molecule has 0 spiro atoms. The number of aryl methyl sites for hydroxylation is 1. The lowest BCUT2D eigenvalue weighted by Gasteiger charge is -2.31. The maximum Gasteiger partial charge on any atom is 0.416 e. The minimum atomic E-state index is -4.40. The third kappa shape index (κ3) is 4.71. The summed E-state index contributed by atoms with van der Waals surface area (Å²) in [6.07, 6.45) is -2.06. The zero-order chi connectivity index (χ0) is 22.0. The molecule has 1 N–H and O–H groups in total. The highest BCUT2D eigenvalue weighted by Gasteiger charge is 2.31. The van der Waals surface area contributed by atoms with Gasteiger partial charge in [0.25, 0.3) is 0 Å². The molecule has 1 aromatic heterocycles. The number of carbonyl (C=O) groups excluding carboxylic acids is 1. The van der Waals surface area contributed by atoms with Gasteiger partial charge in [-0.05, 0) is 49.1 Å². The molecule has 2 heterocycles. The number of benzene rings is 2. The molecule has 4 rings (SSSR count). The van der Waals surface area contributed by atoms with Crippen molar-refractivity contribution in [2.24, 2.45) is 0 Å². The van der Waals surface area contributed by atoms with E-state index in [1.807, 2.05) is 31.2 Å². The SMILES string of the molecule is CCc1ccccc1NC(=O)CN1CCC(n2nnc3cc(C(F)(F)F)ccc32)CC1. The van der Waals surface area contributed by atoms with Crippen LogP contribution in [0, 0.1) is 0 Å². The van der Waals surface area contributed by atoms with E-state index in [0.29, 0.717) is 25.2 Å². The standard InChI is InChI=1S/C22H24F3N5O/c1-2-15-5-3-4-6-18(15)26-21(31)14-29-11-9-17(10-12-29)30-20-8-7-16(22(23,24)25)13-19(20)27-28-30/h3-8,13,17H,2,9-12,14H2,1H3,(H,26,31). The summed E-state index contributed by atoms with van der Waals surface area (Å²) in [4.78, 5) is 14.6. The van der Waals surface area contributed by atoms with E-state index in [2.05, 4.69) is 20.5 Å². The molecule has 6 nitrogen and oxygen atoms in total. The van der Waals surface area contributed by atoms with E-state index < -0.39 is 11.7 Å². The van der Waals surface area contributed by atoms with Crippen LogP contribution in [0.5, 0.6) is 0 Å². The zero-order valence-electron chi connectivity index (χ0n) is 17.2. The second kappa shape index (κ2) is 8.66. The first-order valence-corrected chi connectivity index (χ1v) is 10.4. The van der Waals surface area contributed by atoms with Gasteiger partial charge in [0.1, 0.15) is 5.52 Å². The predicted molar refractivity (Wildman–Crippen MR) is 112 cm³/mol. The van der Waals surface area contributed by atoms with Gasteiger partial charge in [-0.1, -0.05) is 30.3 Å². The van der Waals surface area contributed by atoms with Crippen molar-refractivity contribution in [2.45, 2.75) is 38.4 Å². The van der Waals surface area contributed by atoms with Gasteiger partial charge in [0, 0.05) is 18.8 Å². The van der Waals surface area contributed by atoms with Crippen molar-refractivity contribution in [1.29, 1.82) is 0 Å². The van der Waals surface area contributed by atoms with Crippen molar-refractivity contribution in [3.63, 3.8) is 0 Å². The highest BCUT2D eigenvalue weighted by molar-refractivity contribution is 5.93. The Morgan fingerprint density at radius 3 is 2.61 bits per heavy atom. The minimum Gasteiger partial charge on any atom is -0.325 e. The first kappa shape index (κ1) is 21.3. The molecular weight excluding hydrogens is 407 g/mol. The molecule has 0 radical (unpaired) electrons. The van der Waals surface area contributed by atoms with E-state index >= 15 is 0 Å². The summed E-state index contributed by atoms with van der Waals surface area (Å²) >= 11 is 0. The first-order valence-electron chi connectivity index (χ1n) is 10.4. The van der Waals surface area contributed by atoms with E-state index in [9.17, 15) is 18.0 Å². The second-order valence-electron chi connectivity index (χ2n) is 7.80. The molecule has 1 aliphatic rings. The van der Waals surface area contributed by atoms with Gasteiger partial charge >= 0.3 is 6.18 Å². The molecule has 0 bridgehead atoms. The van der Waals surface area contributed by atoms with E-state index in [-0.39, 0.29) is 17.5 Å². The number of rotatable bonds is 5. The highest BCUT2D eigenvalue weighted by atomic mass is 19.4. The molecule has 0 unspecified atom stereocenters. The van der Waals surface area contributed by atoms with Crippen molar-refractivity contribution in [3.05, 3.63) is 53.6 Å². The van der Waals surface area contributed by atoms with Crippen LogP contribution in [0.15, 0.2) is 42.5 Å². The van der Waals surface area contributed by atoms with E-state index in [4.69, 9.17) is 0 Å². The molecule has 0 saturated carbocycles. The fraction of sp³-hybridized carbons (Fsp3) is 0.409. The largest absolute Gasteiger partial charge is 0.416 e. The van der Waals surface area contributed by atoms with Gasteiger partial charge in [-0.3, -0.25) is 9.69 Å². The summed E-state index contributed by atoms with van der Waals surface area (Å²) in [5, 5.41) is 11.0. The van der Waals surface area contributed by atoms with Crippen LogP contribution in [0.25, 0.3) is 11.0 Å². The molecule has 1 amide bonds. The number of alkyl halides is 3. The van der Waals surface area contributed by atoms with Crippen molar-refractivity contribution in [1.82, 2.24) is 19.9 Å². The molecule has 164 valence electrons. The Bertz CT molecular complexity index is 1070. The van der Waals surface area contributed by atoms with Crippen LogP contribution in [-0.2, 0) is 17.4 Å². The third-order valence-corrected chi connectivity index (χ3v) is 5.74. The Hall–Kier alpha value is -2.94. The van der Waals surface area contributed by atoms with Crippen LogP contribution in [0.1, 0.15) is 36.9 Å². The molecule has 3 aromatic rings. The van der Waals surface area contributed by atoms with Gasteiger partial charge in [0.15, 0.2) is 0 Å². The highest BCUT2D eigenvalue weighted by Crippen LogP contribution is 2.32. The quantitative estimate of drug-likeness (QED) is 0.655. The van der Waals surface area contributed by atoms with E-state index in [0.717, 1.165) is 42.6 Å². The lowest BCUT2D eigenvalue weighted by atomic mass is 10.0. The fourth-order valence-corrected chi connectivity index (χ4v) is 4.05. The van der Waals surface area contributed by atoms with Crippen LogP contribution >= 0.6 is 0 Å². The molecule has 2 aromatic carbocycles. The molecule has 1 saturated heterocycles. The van der Waals surface area contributed by atoms with Crippen LogP contribution < -0.4 is 5.32 Å². The number of fused-ring (bicyclic) bond motifs is 1. The Kier molecular flexibility index (Phi) is 5.95. The number of nitrogens with zero attached hydrogens (tertiary/aromatic N) is 4. The fourth-order valence-electron chi connectivity index (χ4n) is 4.05. The van der Waals surface area contributed by atoms with E-state index in [1.54, 1.807) is 4.68 Å². The summed E-state index contributed by atoms with van der Waals surface area (Å²) in [5.41, 5.74) is 2.06. The number of nitrogens with one attached hydrogen (secondary N) is 1. The van der Waals surface area contributed by atoms with Gasteiger partial charge in [-0.2, -0.15) is 13.2 Å². The third-order valence-electron chi connectivity index (χ3n) is 5.74. The zero-order valence-corrected chi connectivity index (χ0v) is 17.2. The van der Waals surface area contributed by atoms with Crippen molar-refractivity contribution < 1.29 is 18.0 Å². The monoisotopic (exact) mass is 431 g/mol. The lowest BCUT2D eigenvalue weighted by molar-refractivity contribution is -0.137. The molecule has 1 aliphatic heterocycles. The maximum atomic E-state index is 12.9. The Labute approximate surface area is 178 Å². The van der Waals surface area contributed by atoms with Gasteiger partial charge < -0.3 is 5.32 Å². The summed E-state index contributed by atoms with van der Waals surface area (Å²) in [6, 6.07) is 11.3. The number of halogens is 3. The topological polar surface area (TPSA) is 63.1 Å². The van der Waals surface area contributed by atoms with Crippen LogP contribution in [0.4, 0.5) is 18.9 Å². The molecule has 31 heavy (non-hydrogen) atoms. The van der Waals surface area contributed by atoms with Crippen LogP contribution in [0.2, 0.25) is 0 Å². The number of hydrogen-bond donors (Lipinski definition) is 1. The van der Waals surface area contributed by atoms with Gasteiger partial charge in [-0.15, -0.1) is 5.10 Å². The lowest BCUT2D eigenvalue weighted by Crippen LogP contribution is -2.40. The first-order chi connectivity index (χ1) is 14.8. The predicted octanol–water partition coefficient (Wildman–Crippen LogP) is 4.29. The Morgan fingerprint density at radius 1 is 1.16 bits per heavy atom. The number of hydrogen-bond acceptors (Lipinski definition) is 4. The average molecular weight is 431 g/mol. The number of para-hydroxylation sites is 1. The van der Waals surface area contributed by atoms with E-state index in [1.165, 1.54) is 6.07 Å². The Morgan fingerprint density at radius 2 is 1.90 bits per heavy atom. The number of likely N-dealkylation sites (tertiary alicyclic amines) is 1. The minimum absolute atomic E-state index is 0.0434. The number of aromatic nitrogens is 3. The number of amides is 1. The van der Waals surface area contributed by atoms with Crippen molar-refractivity contribution in [2.75, 3.05) is 25.0 Å². The number of piperidine rings is 1. The Balaban J connectivity index is 1.36. The summed E-state index contributed by atoms with van der Waals surface area (Å²) in [6.45, 7) is 3.76. The van der Waals surface area contributed by atoms with Crippen LogP contribution in [-0.4, -0.2) is 45.4 Å². The average Bonchev–Trinajstić information content (AvgIpc) is 3.17. The van der Waals surface area contributed by atoms with Crippen LogP contribution in [0.3, 0.4) is 0 Å². The molecule has 1 fully saturated rings. The smallest absolute Gasteiger partial charge is 0.325 e. The molecule has 0 atom stereocenters. The van der Waals surface area contributed by atoms with Gasteiger partial charge in [0.05, 0.1) is 23.7 Å². The van der Waals surface area contributed by atoms with Crippen molar-refractivity contribution >= 4 is 22.6 Å². The van der Waals surface area contributed by atoms with Crippen molar-refractivity contribution in [3.8, 4) is 0 Å². The molecule has 9 heteroatoms.